The molecule has 4 aromatic rings. The van der Waals surface area contributed by atoms with Gasteiger partial charge in [0.2, 0.25) is 0 Å². The van der Waals surface area contributed by atoms with Gasteiger partial charge in [-0.3, -0.25) is 0 Å². The maximum Gasteiger partial charge on any atom is 0.264 e. The molecule has 0 amide bonds. The summed E-state index contributed by atoms with van der Waals surface area (Å²) >= 11 is 3.29. The molecule has 0 radical (unpaired) electrons. The van der Waals surface area contributed by atoms with E-state index in [2.05, 4.69) is 31.9 Å². The van der Waals surface area contributed by atoms with Crippen molar-refractivity contribution in [2.45, 2.75) is 18.7 Å². The average molecular weight is 483 g/mol. The van der Waals surface area contributed by atoms with Gasteiger partial charge in [-0.25, -0.2) is 13.1 Å². The number of nitrogens with zero attached hydrogens (tertiary/aromatic N) is 1. The lowest BCUT2D eigenvalue weighted by molar-refractivity contribution is 0.430. The van der Waals surface area contributed by atoms with Gasteiger partial charge in [-0.1, -0.05) is 71.4 Å². The number of halogens is 1. The van der Waals surface area contributed by atoms with E-state index in [1.807, 2.05) is 61.5 Å². The van der Waals surface area contributed by atoms with Crippen molar-refractivity contribution in [3.63, 3.8) is 0 Å². The molecular formula is C23H19BrN2O3S. The third-order valence-corrected chi connectivity index (χ3v) is 7.00. The van der Waals surface area contributed by atoms with Crippen LogP contribution in [0, 0.1) is 13.8 Å². The first-order valence-corrected chi connectivity index (χ1v) is 11.5. The van der Waals surface area contributed by atoms with Crippen molar-refractivity contribution in [3.8, 4) is 22.3 Å². The summed E-state index contributed by atoms with van der Waals surface area (Å²) in [6.45, 7) is 3.75. The van der Waals surface area contributed by atoms with Crippen LogP contribution in [0.5, 0.6) is 0 Å². The highest BCUT2D eigenvalue weighted by Gasteiger charge is 2.21. The fraction of sp³-hybridized carbons (Fsp3) is 0.0870. The first kappa shape index (κ1) is 20.4. The largest absolute Gasteiger partial charge is 0.336 e. The SMILES string of the molecule is Cc1cccc(-c2ccc(S(=O)(=O)Nc3onc(C)c3Br)cc2-c2ccccc2)c1. The van der Waals surface area contributed by atoms with Crippen LogP contribution < -0.4 is 4.72 Å². The van der Waals surface area contributed by atoms with Gasteiger partial charge in [-0.05, 0) is 64.2 Å². The summed E-state index contributed by atoms with van der Waals surface area (Å²) in [6, 6.07) is 23.0. The molecule has 4 rings (SSSR count). The lowest BCUT2D eigenvalue weighted by Gasteiger charge is -2.14. The van der Waals surface area contributed by atoms with E-state index in [9.17, 15) is 8.42 Å². The first-order valence-electron chi connectivity index (χ1n) is 9.26. The number of aromatic nitrogens is 1. The zero-order valence-corrected chi connectivity index (χ0v) is 18.8. The predicted molar refractivity (Wildman–Crippen MR) is 122 cm³/mol. The first-order chi connectivity index (χ1) is 14.3. The Kier molecular flexibility index (Phi) is 5.49. The van der Waals surface area contributed by atoms with Crippen LogP contribution >= 0.6 is 15.9 Å². The van der Waals surface area contributed by atoms with Crippen molar-refractivity contribution in [3.05, 3.63) is 88.5 Å². The maximum absolute atomic E-state index is 13.0. The van der Waals surface area contributed by atoms with E-state index in [1.54, 1.807) is 19.1 Å². The monoisotopic (exact) mass is 482 g/mol. The van der Waals surface area contributed by atoms with Crippen LogP contribution in [-0.2, 0) is 10.0 Å². The molecule has 0 saturated carbocycles. The van der Waals surface area contributed by atoms with Gasteiger partial charge in [0.05, 0.1) is 10.6 Å². The normalized spacial score (nSPS) is 11.4. The van der Waals surface area contributed by atoms with Gasteiger partial charge in [-0.15, -0.1) is 0 Å². The summed E-state index contributed by atoms with van der Waals surface area (Å²) in [5.74, 6) is 0.0523. The van der Waals surface area contributed by atoms with Crippen LogP contribution in [0.4, 0.5) is 5.88 Å². The Labute approximate surface area is 183 Å². The topological polar surface area (TPSA) is 72.2 Å². The van der Waals surface area contributed by atoms with E-state index in [-0.39, 0.29) is 10.8 Å². The van der Waals surface area contributed by atoms with E-state index >= 15 is 0 Å². The third-order valence-electron chi connectivity index (χ3n) is 4.73. The van der Waals surface area contributed by atoms with Crippen LogP contribution in [0.1, 0.15) is 11.3 Å². The lowest BCUT2D eigenvalue weighted by atomic mass is 9.94. The minimum Gasteiger partial charge on any atom is -0.336 e. The summed E-state index contributed by atoms with van der Waals surface area (Å²) in [6.07, 6.45) is 0. The van der Waals surface area contributed by atoms with Crippen molar-refractivity contribution in [1.29, 1.82) is 0 Å². The second kappa shape index (κ2) is 8.08. The fourth-order valence-corrected chi connectivity index (χ4v) is 4.61. The quantitative estimate of drug-likeness (QED) is 0.368. The molecular weight excluding hydrogens is 464 g/mol. The van der Waals surface area contributed by atoms with Crippen molar-refractivity contribution in [1.82, 2.24) is 5.16 Å². The maximum atomic E-state index is 13.0. The zero-order valence-electron chi connectivity index (χ0n) is 16.4. The highest BCUT2D eigenvalue weighted by molar-refractivity contribution is 9.10. The summed E-state index contributed by atoms with van der Waals surface area (Å²) in [7, 11) is -3.87. The van der Waals surface area contributed by atoms with Gasteiger partial charge in [0.15, 0.2) is 0 Å². The van der Waals surface area contributed by atoms with Crippen molar-refractivity contribution < 1.29 is 12.9 Å². The number of aryl methyl sites for hydroxylation is 2. The van der Waals surface area contributed by atoms with Crippen LogP contribution in [0.25, 0.3) is 22.3 Å². The number of sulfonamides is 1. The lowest BCUT2D eigenvalue weighted by Crippen LogP contribution is -2.13. The molecule has 1 aromatic heterocycles. The van der Waals surface area contributed by atoms with E-state index in [0.29, 0.717) is 10.2 Å². The minimum absolute atomic E-state index is 0.0523. The van der Waals surface area contributed by atoms with Crippen molar-refractivity contribution in [2.24, 2.45) is 0 Å². The Morgan fingerprint density at radius 3 is 2.27 bits per heavy atom. The molecule has 0 unspecified atom stereocenters. The number of anilines is 1. The molecule has 0 spiro atoms. The number of hydrogen-bond donors (Lipinski definition) is 1. The standard InChI is InChI=1S/C23H19BrN2O3S/c1-15-7-6-10-18(13-15)20-12-11-19(14-21(20)17-8-4-3-5-9-17)30(27,28)26-23-22(24)16(2)25-29-23/h3-14,26H,1-2H3. The summed E-state index contributed by atoms with van der Waals surface area (Å²) in [5, 5.41) is 3.77. The fourth-order valence-electron chi connectivity index (χ4n) is 3.21. The van der Waals surface area contributed by atoms with Gasteiger partial charge < -0.3 is 4.52 Å². The van der Waals surface area contributed by atoms with E-state index in [1.165, 1.54) is 0 Å². The summed E-state index contributed by atoms with van der Waals surface area (Å²) in [4.78, 5) is 0.138. The highest BCUT2D eigenvalue weighted by Crippen LogP contribution is 2.35. The molecule has 0 atom stereocenters. The second-order valence-corrected chi connectivity index (χ2v) is 9.43. The zero-order chi connectivity index (χ0) is 21.3. The Morgan fingerprint density at radius 1 is 0.867 bits per heavy atom. The second-order valence-electron chi connectivity index (χ2n) is 6.96. The van der Waals surface area contributed by atoms with Crippen molar-refractivity contribution in [2.75, 3.05) is 4.72 Å². The third kappa shape index (κ3) is 4.04. The number of rotatable bonds is 5. The van der Waals surface area contributed by atoms with E-state index in [4.69, 9.17) is 4.52 Å². The molecule has 0 aliphatic heterocycles. The summed E-state index contributed by atoms with van der Waals surface area (Å²) in [5.41, 5.74) is 5.45. The molecule has 1 heterocycles. The molecule has 7 heteroatoms. The number of hydrogen-bond acceptors (Lipinski definition) is 4. The van der Waals surface area contributed by atoms with Crippen LogP contribution in [0.2, 0.25) is 0 Å². The molecule has 5 nitrogen and oxygen atoms in total. The smallest absolute Gasteiger partial charge is 0.264 e. The van der Waals surface area contributed by atoms with Crippen LogP contribution in [-0.4, -0.2) is 13.6 Å². The molecule has 0 bridgehead atoms. The molecule has 0 aliphatic carbocycles. The van der Waals surface area contributed by atoms with Gasteiger partial charge >= 0.3 is 0 Å². The Bertz CT molecular complexity index is 1320. The predicted octanol–water partition coefficient (Wildman–Crippen LogP) is 6.19. The minimum atomic E-state index is -3.87. The molecule has 30 heavy (non-hydrogen) atoms. The van der Waals surface area contributed by atoms with E-state index in [0.717, 1.165) is 27.8 Å². The van der Waals surface area contributed by atoms with Crippen molar-refractivity contribution >= 4 is 31.8 Å². The molecule has 0 saturated heterocycles. The molecule has 3 aromatic carbocycles. The Hall–Kier alpha value is -2.90. The number of benzene rings is 3. The van der Waals surface area contributed by atoms with Crippen LogP contribution in [0.15, 0.2) is 86.7 Å². The molecule has 152 valence electrons. The summed E-state index contributed by atoms with van der Waals surface area (Å²) < 4.78 is 34.1. The van der Waals surface area contributed by atoms with Gasteiger partial charge in [-0.2, -0.15) is 0 Å². The average Bonchev–Trinajstić information content (AvgIpc) is 3.05. The van der Waals surface area contributed by atoms with E-state index < -0.39 is 10.0 Å². The molecule has 0 fully saturated rings. The van der Waals surface area contributed by atoms with Crippen LogP contribution in [0.3, 0.4) is 0 Å². The van der Waals surface area contributed by atoms with Gasteiger partial charge in [0.1, 0.15) is 4.47 Å². The number of nitrogens with one attached hydrogen (secondary N) is 1. The highest BCUT2D eigenvalue weighted by atomic mass is 79.9. The Morgan fingerprint density at radius 2 is 1.60 bits per heavy atom. The molecule has 0 aliphatic rings. The Balaban J connectivity index is 1.84. The molecule has 1 N–H and O–H groups in total. The van der Waals surface area contributed by atoms with Gasteiger partial charge in [0, 0.05) is 0 Å². The van der Waals surface area contributed by atoms with Gasteiger partial charge in [0.25, 0.3) is 15.9 Å².